The van der Waals surface area contributed by atoms with Crippen molar-refractivity contribution in [3.05, 3.63) is 59.2 Å². The topological polar surface area (TPSA) is 82.2 Å². The van der Waals surface area contributed by atoms with Gasteiger partial charge in [0.15, 0.2) is 0 Å². The summed E-state index contributed by atoms with van der Waals surface area (Å²) in [6, 6.07) is 8.21. The molecule has 3 N–H and O–H groups in total. The molecule has 0 saturated carbocycles. The summed E-state index contributed by atoms with van der Waals surface area (Å²) in [7, 11) is 0. The Morgan fingerprint density at radius 1 is 1.23 bits per heavy atom. The molecule has 2 aromatic heterocycles. The van der Waals surface area contributed by atoms with Crippen molar-refractivity contribution in [2.75, 3.05) is 29.0 Å². The SMILES string of the molecule is O=C(Nc1cccs1)N1CCNc2cnc(Nc3cccc(C(F)(F)F)c3)nc2C1. The molecule has 3 heterocycles. The molecule has 1 aromatic carbocycles. The van der Waals surface area contributed by atoms with Crippen molar-refractivity contribution in [2.45, 2.75) is 12.7 Å². The summed E-state index contributed by atoms with van der Waals surface area (Å²) in [5.41, 5.74) is 0.702. The lowest BCUT2D eigenvalue weighted by Gasteiger charge is -2.20. The molecule has 0 bridgehead atoms. The summed E-state index contributed by atoms with van der Waals surface area (Å²) < 4.78 is 38.8. The zero-order valence-corrected chi connectivity index (χ0v) is 16.3. The lowest BCUT2D eigenvalue weighted by Crippen LogP contribution is -2.36. The van der Waals surface area contributed by atoms with Crippen molar-refractivity contribution in [2.24, 2.45) is 0 Å². The monoisotopic (exact) mass is 434 g/mol. The van der Waals surface area contributed by atoms with Crippen LogP contribution in [0.15, 0.2) is 48.0 Å². The number of fused-ring (bicyclic) bond motifs is 1. The van der Waals surface area contributed by atoms with Crippen molar-refractivity contribution in [1.82, 2.24) is 14.9 Å². The van der Waals surface area contributed by atoms with Gasteiger partial charge in [-0.25, -0.2) is 14.8 Å². The van der Waals surface area contributed by atoms with Gasteiger partial charge in [-0.15, -0.1) is 11.3 Å². The minimum Gasteiger partial charge on any atom is -0.380 e. The molecule has 0 unspecified atom stereocenters. The summed E-state index contributed by atoms with van der Waals surface area (Å²) in [4.78, 5) is 22.7. The molecule has 30 heavy (non-hydrogen) atoms. The number of urea groups is 1. The summed E-state index contributed by atoms with van der Waals surface area (Å²) in [5, 5.41) is 11.4. The number of nitrogens with one attached hydrogen (secondary N) is 3. The van der Waals surface area contributed by atoms with Gasteiger partial charge in [-0.2, -0.15) is 13.2 Å². The second-order valence-electron chi connectivity index (χ2n) is 6.51. The number of aromatic nitrogens is 2. The number of hydrogen-bond acceptors (Lipinski definition) is 6. The van der Waals surface area contributed by atoms with Crippen LogP contribution in [-0.2, 0) is 12.7 Å². The first kappa shape index (κ1) is 20.0. The zero-order chi connectivity index (χ0) is 21.1. The van der Waals surface area contributed by atoms with Gasteiger partial charge in [-0.05, 0) is 35.7 Å². The fraction of sp³-hybridized carbons (Fsp3) is 0.211. The van der Waals surface area contributed by atoms with E-state index in [0.29, 0.717) is 24.5 Å². The van der Waals surface area contributed by atoms with Crippen LogP contribution in [0.3, 0.4) is 0 Å². The highest BCUT2D eigenvalue weighted by Crippen LogP contribution is 2.31. The molecule has 0 spiro atoms. The van der Waals surface area contributed by atoms with Crippen LogP contribution in [-0.4, -0.2) is 34.0 Å². The molecule has 2 amide bonds. The number of nitrogens with zero attached hydrogens (tertiary/aromatic N) is 3. The molecule has 7 nitrogen and oxygen atoms in total. The van der Waals surface area contributed by atoms with Crippen LogP contribution in [0.1, 0.15) is 11.3 Å². The Morgan fingerprint density at radius 3 is 2.87 bits per heavy atom. The number of carbonyl (C=O) groups excluding carboxylic acids is 1. The minimum atomic E-state index is -4.44. The van der Waals surface area contributed by atoms with Crippen LogP contribution in [0.5, 0.6) is 0 Å². The molecule has 4 rings (SSSR count). The van der Waals surface area contributed by atoms with Crippen molar-refractivity contribution in [3.63, 3.8) is 0 Å². The van der Waals surface area contributed by atoms with E-state index in [4.69, 9.17) is 0 Å². The maximum atomic E-state index is 12.9. The van der Waals surface area contributed by atoms with Crippen molar-refractivity contribution in [3.8, 4) is 0 Å². The van der Waals surface area contributed by atoms with Gasteiger partial charge < -0.3 is 15.5 Å². The van der Waals surface area contributed by atoms with Gasteiger partial charge in [0.25, 0.3) is 0 Å². The number of rotatable bonds is 3. The lowest BCUT2D eigenvalue weighted by molar-refractivity contribution is -0.137. The predicted molar refractivity (Wildman–Crippen MR) is 109 cm³/mol. The molecule has 3 aromatic rings. The summed E-state index contributed by atoms with van der Waals surface area (Å²) in [6.07, 6.45) is -2.88. The van der Waals surface area contributed by atoms with E-state index in [0.717, 1.165) is 17.1 Å². The number of thiophene rings is 1. The number of carbonyl (C=O) groups is 1. The smallest absolute Gasteiger partial charge is 0.380 e. The maximum Gasteiger partial charge on any atom is 0.416 e. The van der Waals surface area contributed by atoms with E-state index in [1.165, 1.54) is 23.5 Å². The highest BCUT2D eigenvalue weighted by atomic mass is 32.1. The van der Waals surface area contributed by atoms with Crippen LogP contribution in [0, 0.1) is 0 Å². The van der Waals surface area contributed by atoms with E-state index in [-0.39, 0.29) is 24.2 Å². The van der Waals surface area contributed by atoms with Gasteiger partial charge in [0.2, 0.25) is 5.95 Å². The normalized spacial score (nSPS) is 13.8. The predicted octanol–water partition coefficient (Wildman–Crippen LogP) is 4.76. The Balaban J connectivity index is 1.51. The van der Waals surface area contributed by atoms with Gasteiger partial charge in [0.1, 0.15) is 0 Å². The van der Waals surface area contributed by atoms with Crippen LogP contribution in [0.4, 0.5) is 40.3 Å². The third kappa shape index (κ3) is 4.62. The van der Waals surface area contributed by atoms with E-state index < -0.39 is 11.7 Å². The number of alkyl halides is 3. The summed E-state index contributed by atoms with van der Waals surface area (Å²) in [6.45, 7) is 1.22. The molecule has 1 aliphatic heterocycles. The van der Waals surface area contributed by atoms with E-state index in [1.807, 2.05) is 17.5 Å². The highest BCUT2D eigenvalue weighted by Gasteiger charge is 2.30. The second-order valence-corrected chi connectivity index (χ2v) is 7.46. The zero-order valence-electron chi connectivity index (χ0n) is 15.5. The van der Waals surface area contributed by atoms with E-state index >= 15 is 0 Å². The quantitative estimate of drug-likeness (QED) is 0.554. The summed E-state index contributed by atoms with van der Waals surface area (Å²) in [5.74, 6) is 0.149. The number of benzene rings is 1. The Bertz CT molecular complexity index is 1040. The first-order valence-electron chi connectivity index (χ1n) is 9.02. The Morgan fingerprint density at radius 2 is 2.10 bits per heavy atom. The van der Waals surface area contributed by atoms with Crippen molar-refractivity contribution in [1.29, 1.82) is 0 Å². The maximum absolute atomic E-state index is 12.9. The van der Waals surface area contributed by atoms with Crippen LogP contribution < -0.4 is 16.0 Å². The Kier molecular flexibility index (Phi) is 5.44. The molecular formula is C19H17F3N6OS. The van der Waals surface area contributed by atoms with E-state index in [1.54, 1.807) is 11.1 Å². The molecule has 0 aliphatic carbocycles. The molecule has 0 saturated heterocycles. The first-order valence-corrected chi connectivity index (χ1v) is 9.90. The average molecular weight is 434 g/mol. The molecule has 1 aliphatic rings. The fourth-order valence-corrected chi connectivity index (χ4v) is 3.55. The second kappa shape index (κ2) is 8.19. The van der Waals surface area contributed by atoms with E-state index in [2.05, 4.69) is 25.9 Å². The number of anilines is 4. The van der Waals surface area contributed by atoms with Crippen LogP contribution in [0.2, 0.25) is 0 Å². The summed E-state index contributed by atoms with van der Waals surface area (Å²) >= 11 is 1.42. The Hall–Kier alpha value is -3.34. The molecule has 0 radical (unpaired) electrons. The fourth-order valence-electron chi connectivity index (χ4n) is 2.94. The third-order valence-corrected chi connectivity index (χ3v) is 5.18. The van der Waals surface area contributed by atoms with E-state index in [9.17, 15) is 18.0 Å². The number of amides is 2. The van der Waals surface area contributed by atoms with Crippen molar-refractivity contribution >= 4 is 39.7 Å². The standard InChI is InChI=1S/C19H17F3N6OS/c20-19(21,22)12-3-1-4-13(9-12)25-17-24-10-14-15(26-17)11-28(7-6-23-14)18(29)27-16-5-2-8-30-16/h1-5,8-10,23H,6-7,11H2,(H,27,29)(H,24,25,26). The number of halogens is 3. The van der Waals surface area contributed by atoms with Crippen LogP contribution >= 0.6 is 11.3 Å². The van der Waals surface area contributed by atoms with Gasteiger partial charge in [-0.3, -0.25) is 5.32 Å². The molecule has 156 valence electrons. The van der Waals surface area contributed by atoms with Gasteiger partial charge in [0.05, 0.1) is 34.7 Å². The molecule has 0 atom stereocenters. The van der Waals surface area contributed by atoms with Gasteiger partial charge in [-0.1, -0.05) is 6.07 Å². The molecule has 0 fully saturated rings. The number of hydrogen-bond donors (Lipinski definition) is 3. The van der Waals surface area contributed by atoms with Gasteiger partial charge in [0, 0.05) is 18.8 Å². The Labute approximate surface area is 174 Å². The average Bonchev–Trinajstić information content (AvgIpc) is 3.12. The first-order chi connectivity index (χ1) is 14.4. The minimum absolute atomic E-state index is 0.149. The van der Waals surface area contributed by atoms with Crippen LogP contribution in [0.25, 0.3) is 0 Å². The lowest BCUT2D eigenvalue weighted by atomic mass is 10.2. The highest BCUT2D eigenvalue weighted by molar-refractivity contribution is 7.14. The largest absolute Gasteiger partial charge is 0.416 e. The molecular weight excluding hydrogens is 417 g/mol. The third-order valence-electron chi connectivity index (χ3n) is 4.39. The van der Waals surface area contributed by atoms with Crippen molar-refractivity contribution < 1.29 is 18.0 Å². The molecule has 11 heteroatoms. The van der Waals surface area contributed by atoms with Gasteiger partial charge >= 0.3 is 12.2 Å².